The lowest BCUT2D eigenvalue weighted by Crippen LogP contribution is -2.55. The topological polar surface area (TPSA) is 33.7 Å². The first-order valence-corrected chi connectivity index (χ1v) is 9.26. The van der Waals surface area contributed by atoms with Crippen LogP contribution in [0.15, 0.2) is 18.2 Å². The highest BCUT2D eigenvalue weighted by atomic mass is 16.5. The van der Waals surface area contributed by atoms with E-state index in [1.54, 1.807) is 0 Å². The minimum absolute atomic E-state index is 0.200. The third-order valence-electron chi connectivity index (χ3n) is 5.76. The summed E-state index contributed by atoms with van der Waals surface area (Å²) in [6.45, 7) is 8.15. The van der Waals surface area contributed by atoms with Gasteiger partial charge >= 0.3 is 0 Å². The number of hydrogen-bond acceptors (Lipinski definition) is 4. The predicted octanol–water partition coefficient (Wildman–Crippen LogP) is 3.02. The average molecular weight is 332 g/mol. The molecule has 0 amide bonds. The summed E-state index contributed by atoms with van der Waals surface area (Å²) in [7, 11) is 4.40. The van der Waals surface area contributed by atoms with Crippen molar-refractivity contribution in [1.82, 2.24) is 10.2 Å². The molecule has 0 unspecified atom stereocenters. The molecule has 0 aromatic heterocycles. The van der Waals surface area contributed by atoms with Crippen LogP contribution in [0, 0.1) is 5.92 Å². The highest BCUT2D eigenvalue weighted by molar-refractivity contribution is 5.41. The molecule has 1 aromatic carbocycles. The lowest BCUT2D eigenvalue weighted by atomic mass is 9.87. The lowest BCUT2D eigenvalue weighted by molar-refractivity contribution is -0.00895. The van der Waals surface area contributed by atoms with Crippen molar-refractivity contribution in [1.29, 1.82) is 0 Å². The van der Waals surface area contributed by atoms with Gasteiger partial charge in [-0.25, -0.2) is 0 Å². The van der Waals surface area contributed by atoms with E-state index in [1.165, 1.54) is 11.1 Å². The van der Waals surface area contributed by atoms with Crippen molar-refractivity contribution in [2.24, 2.45) is 5.92 Å². The molecule has 4 nitrogen and oxygen atoms in total. The van der Waals surface area contributed by atoms with E-state index < -0.39 is 0 Å². The Balaban J connectivity index is 1.74. The van der Waals surface area contributed by atoms with Gasteiger partial charge in [-0.15, -0.1) is 0 Å². The second-order valence-electron chi connectivity index (χ2n) is 7.80. The monoisotopic (exact) mass is 332 g/mol. The summed E-state index contributed by atoms with van der Waals surface area (Å²) in [6.07, 6.45) is 3.22. The van der Waals surface area contributed by atoms with Gasteiger partial charge in [0.2, 0.25) is 0 Å². The minimum Gasteiger partial charge on any atom is -0.493 e. The van der Waals surface area contributed by atoms with Crippen LogP contribution < -0.4 is 10.1 Å². The third-order valence-corrected chi connectivity index (χ3v) is 5.76. The zero-order valence-corrected chi connectivity index (χ0v) is 15.6. The molecule has 1 atom stereocenters. The summed E-state index contributed by atoms with van der Waals surface area (Å²) >= 11 is 0. The van der Waals surface area contributed by atoms with Crippen LogP contribution in [0.25, 0.3) is 0 Å². The molecule has 1 saturated heterocycles. The number of ether oxygens (including phenoxy) is 2. The first-order valence-electron chi connectivity index (χ1n) is 9.26. The van der Waals surface area contributed by atoms with Crippen LogP contribution in [-0.2, 0) is 11.2 Å². The zero-order valence-electron chi connectivity index (χ0n) is 15.6. The van der Waals surface area contributed by atoms with Crippen LogP contribution in [0.4, 0.5) is 0 Å². The van der Waals surface area contributed by atoms with Crippen molar-refractivity contribution >= 4 is 0 Å². The third kappa shape index (κ3) is 3.61. The summed E-state index contributed by atoms with van der Waals surface area (Å²) in [6, 6.07) is 7.08. The Morgan fingerprint density at radius 1 is 1.17 bits per heavy atom. The smallest absolute Gasteiger partial charge is 0.122 e. The van der Waals surface area contributed by atoms with Gasteiger partial charge < -0.3 is 19.7 Å². The molecule has 134 valence electrons. The van der Waals surface area contributed by atoms with Crippen LogP contribution in [-0.4, -0.2) is 50.9 Å². The van der Waals surface area contributed by atoms with Crippen molar-refractivity contribution in [3.8, 4) is 5.75 Å². The normalized spacial score (nSPS) is 20.9. The first kappa shape index (κ1) is 17.7. The average Bonchev–Trinajstić information content (AvgIpc) is 3.03. The van der Waals surface area contributed by atoms with E-state index in [2.05, 4.69) is 56.4 Å². The number of hydrogen-bond donors (Lipinski definition) is 1. The molecule has 1 fully saturated rings. The van der Waals surface area contributed by atoms with E-state index in [-0.39, 0.29) is 5.54 Å². The molecule has 1 N–H and O–H groups in total. The van der Waals surface area contributed by atoms with Gasteiger partial charge in [0.15, 0.2) is 0 Å². The van der Waals surface area contributed by atoms with Gasteiger partial charge in [-0.1, -0.05) is 26.0 Å². The molecular formula is C20H32N2O2. The van der Waals surface area contributed by atoms with Crippen molar-refractivity contribution in [3.05, 3.63) is 29.3 Å². The highest BCUT2D eigenvalue weighted by Crippen LogP contribution is 2.32. The van der Waals surface area contributed by atoms with Gasteiger partial charge in [-0.05, 0) is 50.0 Å². The number of nitrogens with zero attached hydrogens (tertiary/aromatic N) is 1. The largest absolute Gasteiger partial charge is 0.493 e. The summed E-state index contributed by atoms with van der Waals surface area (Å²) in [5.41, 5.74) is 2.94. The Morgan fingerprint density at radius 2 is 1.92 bits per heavy atom. The molecule has 4 heteroatoms. The number of rotatable bonds is 6. The Hall–Kier alpha value is -1.10. The maximum Gasteiger partial charge on any atom is 0.122 e. The molecule has 0 bridgehead atoms. The van der Waals surface area contributed by atoms with E-state index in [1.807, 2.05) is 0 Å². The Morgan fingerprint density at radius 3 is 2.58 bits per heavy atom. The molecular weight excluding hydrogens is 300 g/mol. The van der Waals surface area contributed by atoms with Gasteiger partial charge in [0.1, 0.15) is 5.75 Å². The number of nitrogens with one attached hydrogen (secondary N) is 1. The van der Waals surface area contributed by atoms with Crippen molar-refractivity contribution < 1.29 is 9.47 Å². The second-order valence-corrected chi connectivity index (χ2v) is 7.80. The zero-order chi connectivity index (χ0) is 17.2. The Kier molecular flexibility index (Phi) is 5.48. The maximum absolute atomic E-state index is 5.66. The molecule has 0 aliphatic carbocycles. The van der Waals surface area contributed by atoms with E-state index in [9.17, 15) is 0 Å². The Bertz CT molecular complexity index is 551. The number of fused-ring (bicyclic) bond motifs is 1. The second kappa shape index (κ2) is 7.42. The van der Waals surface area contributed by atoms with Crippen LogP contribution in [0.3, 0.4) is 0 Å². The summed E-state index contributed by atoms with van der Waals surface area (Å²) < 4.78 is 11.3. The standard InChI is InChI=1S/C20H32N2O2/c1-15(2)19(17-5-6-18-16(13-17)7-10-24-18)21-14-20(22(3)4)8-11-23-12-9-20/h5-6,13,15,19,21H,7-12,14H2,1-4H3/t19-/m1/s1. The molecule has 24 heavy (non-hydrogen) atoms. The summed E-state index contributed by atoms with van der Waals surface area (Å²) in [5.74, 6) is 1.61. The lowest BCUT2D eigenvalue weighted by Gasteiger charge is -2.44. The Labute approximate surface area is 146 Å². The van der Waals surface area contributed by atoms with E-state index in [0.717, 1.165) is 51.4 Å². The van der Waals surface area contributed by atoms with Crippen molar-refractivity contribution in [3.63, 3.8) is 0 Å². The number of likely N-dealkylation sites (N-methyl/N-ethyl adjacent to an activating group) is 1. The summed E-state index contributed by atoms with van der Waals surface area (Å²) in [5, 5.41) is 3.88. The first-order chi connectivity index (χ1) is 11.5. The number of benzene rings is 1. The molecule has 2 aliphatic rings. The van der Waals surface area contributed by atoms with Crippen LogP contribution in [0.2, 0.25) is 0 Å². The fourth-order valence-corrected chi connectivity index (χ4v) is 3.97. The maximum atomic E-state index is 5.66. The van der Waals surface area contributed by atoms with Crippen LogP contribution >= 0.6 is 0 Å². The van der Waals surface area contributed by atoms with E-state index >= 15 is 0 Å². The summed E-state index contributed by atoms with van der Waals surface area (Å²) in [4.78, 5) is 2.39. The van der Waals surface area contributed by atoms with Gasteiger partial charge in [-0.3, -0.25) is 0 Å². The fraction of sp³-hybridized carbons (Fsp3) is 0.700. The van der Waals surface area contributed by atoms with Gasteiger partial charge in [-0.2, -0.15) is 0 Å². The molecule has 2 heterocycles. The van der Waals surface area contributed by atoms with Crippen molar-refractivity contribution in [2.45, 2.75) is 44.7 Å². The minimum atomic E-state index is 0.200. The van der Waals surface area contributed by atoms with E-state index in [0.29, 0.717) is 12.0 Å². The molecule has 2 aliphatic heterocycles. The van der Waals surface area contributed by atoms with E-state index in [4.69, 9.17) is 9.47 Å². The van der Waals surface area contributed by atoms with Gasteiger partial charge in [0.05, 0.1) is 6.61 Å². The molecule has 1 aromatic rings. The van der Waals surface area contributed by atoms with Crippen LogP contribution in [0.1, 0.15) is 43.9 Å². The quantitative estimate of drug-likeness (QED) is 0.868. The molecule has 0 spiro atoms. The van der Waals surface area contributed by atoms with Crippen molar-refractivity contribution in [2.75, 3.05) is 40.5 Å². The molecule has 3 rings (SSSR count). The SMILES string of the molecule is CC(C)[C@@H](NCC1(N(C)C)CCOCC1)c1ccc2c(c1)CCO2. The predicted molar refractivity (Wildman–Crippen MR) is 97.7 cm³/mol. The highest BCUT2D eigenvalue weighted by Gasteiger charge is 2.35. The molecule has 0 radical (unpaired) electrons. The fourth-order valence-electron chi connectivity index (χ4n) is 3.97. The molecule has 0 saturated carbocycles. The van der Waals surface area contributed by atoms with Gasteiger partial charge in [0.25, 0.3) is 0 Å². The van der Waals surface area contributed by atoms with Gasteiger partial charge in [0, 0.05) is 37.8 Å². The van der Waals surface area contributed by atoms with Crippen LogP contribution in [0.5, 0.6) is 5.75 Å².